The van der Waals surface area contributed by atoms with E-state index in [9.17, 15) is 0 Å². The van der Waals surface area contributed by atoms with Crippen LogP contribution in [0.1, 0.15) is 41.0 Å². The van der Waals surface area contributed by atoms with E-state index in [4.69, 9.17) is 0 Å². The maximum atomic E-state index is 2.41. The van der Waals surface area contributed by atoms with Crippen molar-refractivity contribution in [3.8, 4) is 0 Å². The van der Waals surface area contributed by atoms with Crippen molar-refractivity contribution in [3.05, 3.63) is 47.1 Å². The predicted molar refractivity (Wildman–Crippen MR) is 73.4 cm³/mol. The van der Waals surface area contributed by atoms with Crippen molar-refractivity contribution in [3.63, 3.8) is 0 Å². The Bertz CT molecular complexity index is 346. The van der Waals surface area contributed by atoms with E-state index in [0.717, 1.165) is 0 Å². The number of hydrogen-bond donors (Lipinski definition) is 0. The predicted octanol–water partition coefficient (Wildman–Crippen LogP) is 5.06. The van der Waals surface area contributed by atoms with E-state index in [-0.39, 0.29) is 0 Å². The van der Waals surface area contributed by atoms with E-state index in [1.165, 1.54) is 23.1 Å². The van der Waals surface area contributed by atoms with Crippen LogP contribution in [0, 0.1) is 11.8 Å². The van der Waals surface area contributed by atoms with Crippen molar-refractivity contribution in [2.24, 2.45) is 11.8 Å². The summed E-state index contributed by atoms with van der Waals surface area (Å²) in [5, 5.41) is 0. The molecule has 0 heteroatoms. The Labute approximate surface area is 100 Å². The Morgan fingerprint density at radius 1 is 1.31 bits per heavy atom. The van der Waals surface area contributed by atoms with Crippen molar-refractivity contribution in [2.75, 3.05) is 0 Å². The number of rotatable bonds is 2. The Morgan fingerprint density at radius 2 is 2.00 bits per heavy atom. The van der Waals surface area contributed by atoms with Crippen LogP contribution in [0.15, 0.2) is 47.1 Å². The van der Waals surface area contributed by atoms with Gasteiger partial charge in [0, 0.05) is 5.92 Å². The van der Waals surface area contributed by atoms with Crippen LogP contribution < -0.4 is 0 Å². The molecule has 1 aliphatic rings. The average molecular weight is 216 g/mol. The van der Waals surface area contributed by atoms with Gasteiger partial charge in [-0.2, -0.15) is 0 Å². The average Bonchev–Trinajstić information content (AvgIpc) is 2.16. The van der Waals surface area contributed by atoms with Crippen molar-refractivity contribution in [1.29, 1.82) is 0 Å². The second-order valence-electron chi connectivity index (χ2n) is 4.93. The lowest BCUT2D eigenvalue weighted by atomic mass is 9.78. The minimum Gasteiger partial charge on any atom is -0.0871 e. The van der Waals surface area contributed by atoms with Crippen LogP contribution >= 0.6 is 0 Å². The van der Waals surface area contributed by atoms with Gasteiger partial charge in [0.2, 0.25) is 0 Å². The third-order valence-corrected chi connectivity index (χ3v) is 3.01. The summed E-state index contributed by atoms with van der Waals surface area (Å²) >= 11 is 0. The summed E-state index contributed by atoms with van der Waals surface area (Å²) in [5.41, 5.74) is 4.31. The third-order valence-electron chi connectivity index (χ3n) is 3.01. The van der Waals surface area contributed by atoms with Crippen molar-refractivity contribution >= 4 is 0 Å². The van der Waals surface area contributed by atoms with Crippen LogP contribution in [-0.2, 0) is 0 Å². The Hall–Kier alpha value is -1.04. The first-order valence-electron chi connectivity index (χ1n) is 6.24. The van der Waals surface area contributed by atoms with E-state index in [1.54, 1.807) is 0 Å². The molecule has 2 atom stereocenters. The number of allylic oxidation sites excluding steroid dienone is 8. The standard InChI is InChI=1S/C16H24/c1-6-8-14-10-13(5)11-15(9-12(3)4)16(14)7-2/h6-10,13,15H,11H2,1-5H3/b8-6-,16-7-/t13-,15-/m0/s1. The van der Waals surface area contributed by atoms with Crippen molar-refractivity contribution in [2.45, 2.75) is 41.0 Å². The van der Waals surface area contributed by atoms with Gasteiger partial charge in [-0.25, -0.2) is 0 Å². The van der Waals surface area contributed by atoms with E-state index < -0.39 is 0 Å². The normalized spacial score (nSPS) is 28.3. The quantitative estimate of drug-likeness (QED) is 0.566. The molecule has 1 aliphatic carbocycles. The van der Waals surface area contributed by atoms with Crippen LogP contribution in [0.5, 0.6) is 0 Å². The maximum Gasteiger partial charge on any atom is 0.00284 e. The van der Waals surface area contributed by atoms with E-state index in [2.05, 4.69) is 65.0 Å². The third kappa shape index (κ3) is 3.23. The largest absolute Gasteiger partial charge is 0.0871 e. The zero-order valence-corrected chi connectivity index (χ0v) is 11.2. The molecule has 0 aromatic heterocycles. The van der Waals surface area contributed by atoms with Gasteiger partial charge in [0.15, 0.2) is 0 Å². The summed E-state index contributed by atoms with van der Waals surface area (Å²) in [7, 11) is 0. The first-order valence-corrected chi connectivity index (χ1v) is 6.24. The summed E-state index contributed by atoms with van der Waals surface area (Å²) in [4.78, 5) is 0. The van der Waals surface area contributed by atoms with E-state index >= 15 is 0 Å². The van der Waals surface area contributed by atoms with Gasteiger partial charge in [-0.1, -0.05) is 42.9 Å². The molecule has 0 fully saturated rings. The first kappa shape index (κ1) is 13.0. The van der Waals surface area contributed by atoms with Gasteiger partial charge in [-0.05, 0) is 51.2 Å². The van der Waals surface area contributed by atoms with Gasteiger partial charge in [0.25, 0.3) is 0 Å². The summed E-state index contributed by atoms with van der Waals surface area (Å²) in [5.74, 6) is 1.27. The van der Waals surface area contributed by atoms with Gasteiger partial charge in [0.1, 0.15) is 0 Å². The molecule has 0 aromatic rings. The topological polar surface area (TPSA) is 0 Å². The molecular formula is C16H24. The van der Waals surface area contributed by atoms with Crippen LogP contribution in [0.2, 0.25) is 0 Å². The Balaban J connectivity index is 3.08. The fourth-order valence-corrected chi connectivity index (χ4v) is 2.48. The molecule has 0 radical (unpaired) electrons. The van der Waals surface area contributed by atoms with Crippen LogP contribution in [0.3, 0.4) is 0 Å². The molecular weight excluding hydrogens is 192 g/mol. The summed E-state index contributed by atoms with van der Waals surface area (Å²) in [6, 6.07) is 0. The Kier molecular flexibility index (Phi) is 4.79. The lowest BCUT2D eigenvalue weighted by molar-refractivity contribution is 0.541. The highest BCUT2D eigenvalue weighted by Gasteiger charge is 2.21. The van der Waals surface area contributed by atoms with Crippen molar-refractivity contribution in [1.82, 2.24) is 0 Å². The second kappa shape index (κ2) is 5.89. The fourth-order valence-electron chi connectivity index (χ4n) is 2.48. The number of hydrogen-bond acceptors (Lipinski definition) is 0. The monoisotopic (exact) mass is 216 g/mol. The molecule has 1 rings (SSSR count). The maximum absolute atomic E-state index is 2.41. The lowest BCUT2D eigenvalue weighted by Crippen LogP contribution is -2.13. The highest BCUT2D eigenvalue weighted by atomic mass is 14.3. The van der Waals surface area contributed by atoms with Crippen LogP contribution in [-0.4, -0.2) is 0 Å². The highest BCUT2D eigenvalue weighted by molar-refractivity contribution is 5.45. The van der Waals surface area contributed by atoms with E-state index in [1.807, 2.05) is 0 Å². The van der Waals surface area contributed by atoms with E-state index in [0.29, 0.717) is 11.8 Å². The fraction of sp³-hybridized carbons (Fsp3) is 0.500. The lowest BCUT2D eigenvalue weighted by Gasteiger charge is -2.27. The summed E-state index contributed by atoms with van der Waals surface area (Å²) in [6.45, 7) is 10.9. The van der Waals surface area contributed by atoms with Crippen molar-refractivity contribution < 1.29 is 0 Å². The Morgan fingerprint density at radius 3 is 2.50 bits per heavy atom. The van der Waals surface area contributed by atoms with Gasteiger partial charge < -0.3 is 0 Å². The molecule has 0 saturated heterocycles. The van der Waals surface area contributed by atoms with Gasteiger partial charge >= 0.3 is 0 Å². The molecule has 16 heavy (non-hydrogen) atoms. The molecule has 0 amide bonds. The van der Waals surface area contributed by atoms with Crippen LogP contribution in [0.25, 0.3) is 0 Å². The molecule has 0 aliphatic heterocycles. The van der Waals surface area contributed by atoms with Gasteiger partial charge in [0.05, 0.1) is 0 Å². The molecule has 0 heterocycles. The van der Waals surface area contributed by atoms with Gasteiger partial charge in [-0.3, -0.25) is 0 Å². The molecule has 0 saturated carbocycles. The molecule has 0 aromatic carbocycles. The minimum absolute atomic E-state index is 0.598. The first-order chi connectivity index (χ1) is 7.58. The summed E-state index contributed by atoms with van der Waals surface area (Å²) < 4.78 is 0. The summed E-state index contributed by atoms with van der Waals surface area (Å²) in [6.07, 6.45) is 12.7. The molecule has 0 unspecified atom stereocenters. The van der Waals surface area contributed by atoms with Gasteiger partial charge in [-0.15, -0.1) is 0 Å². The zero-order chi connectivity index (χ0) is 12.1. The zero-order valence-electron chi connectivity index (χ0n) is 11.2. The minimum atomic E-state index is 0.598. The molecule has 0 nitrogen and oxygen atoms in total. The molecule has 0 spiro atoms. The molecule has 88 valence electrons. The smallest absolute Gasteiger partial charge is 0.00284 e. The highest BCUT2D eigenvalue weighted by Crippen LogP contribution is 2.35. The van der Waals surface area contributed by atoms with Crippen LogP contribution in [0.4, 0.5) is 0 Å². The SMILES string of the molecule is C/C=C\C1=C[C@H](C)C[C@H](C=C(C)C)/C1=C\C. The second-order valence-corrected chi connectivity index (χ2v) is 4.93. The molecule has 0 N–H and O–H groups in total. The molecule has 0 bridgehead atoms.